The number of rotatable bonds is 6. The minimum absolute atomic E-state index is 0.337. The molecule has 0 saturated carbocycles. The van der Waals surface area contributed by atoms with Crippen molar-refractivity contribution in [2.45, 2.75) is 6.92 Å². The molecule has 0 aliphatic carbocycles. The summed E-state index contributed by atoms with van der Waals surface area (Å²) in [6.45, 7) is 1.33. The zero-order chi connectivity index (χ0) is 20.1. The molecule has 3 aromatic rings. The Labute approximate surface area is 166 Å². The summed E-state index contributed by atoms with van der Waals surface area (Å²) in [5, 5.41) is 11.4. The van der Waals surface area contributed by atoms with E-state index in [0.717, 1.165) is 11.1 Å². The number of carbonyl (C=O) groups excluding carboxylic acids is 1. The minimum Gasteiger partial charge on any atom is -0.497 e. The topological polar surface area (TPSA) is 90.7 Å². The number of esters is 1. The van der Waals surface area contributed by atoms with Crippen LogP contribution >= 0.6 is 12.2 Å². The van der Waals surface area contributed by atoms with E-state index in [1.54, 1.807) is 31.5 Å². The van der Waals surface area contributed by atoms with Crippen LogP contribution in [0.4, 0.5) is 0 Å². The van der Waals surface area contributed by atoms with Crippen LogP contribution < -0.4 is 14.2 Å². The van der Waals surface area contributed by atoms with Crippen LogP contribution in [-0.4, -0.2) is 41.3 Å². The van der Waals surface area contributed by atoms with E-state index in [2.05, 4.69) is 15.3 Å². The molecule has 0 fully saturated rings. The van der Waals surface area contributed by atoms with Crippen molar-refractivity contribution in [2.24, 2.45) is 5.10 Å². The van der Waals surface area contributed by atoms with Crippen molar-refractivity contribution in [3.63, 3.8) is 0 Å². The van der Waals surface area contributed by atoms with Crippen molar-refractivity contribution >= 4 is 24.4 Å². The molecule has 0 bridgehead atoms. The Bertz CT molecular complexity index is 1090. The lowest BCUT2D eigenvalue weighted by molar-refractivity contribution is -0.132. The Balaban J connectivity index is 1.94. The molecule has 9 heteroatoms. The third-order valence-corrected chi connectivity index (χ3v) is 4.01. The Kier molecular flexibility index (Phi) is 5.85. The summed E-state index contributed by atoms with van der Waals surface area (Å²) in [6.07, 6.45) is 1.61. The molecule has 0 unspecified atom stereocenters. The van der Waals surface area contributed by atoms with Gasteiger partial charge in [-0.25, -0.2) is 5.10 Å². The molecule has 0 aliphatic rings. The highest BCUT2D eigenvalue weighted by molar-refractivity contribution is 7.71. The molecule has 0 aliphatic heterocycles. The van der Waals surface area contributed by atoms with Crippen molar-refractivity contribution in [3.05, 3.63) is 52.8 Å². The van der Waals surface area contributed by atoms with Gasteiger partial charge in [0.15, 0.2) is 17.3 Å². The summed E-state index contributed by atoms with van der Waals surface area (Å²) in [5.74, 6) is 1.58. The van der Waals surface area contributed by atoms with Gasteiger partial charge in [0.2, 0.25) is 4.77 Å². The van der Waals surface area contributed by atoms with Crippen LogP contribution in [0.15, 0.2) is 47.6 Å². The molecule has 1 aromatic heterocycles. The van der Waals surface area contributed by atoms with Gasteiger partial charge in [0, 0.05) is 12.5 Å². The highest BCUT2D eigenvalue weighted by atomic mass is 32.1. The lowest BCUT2D eigenvalue weighted by atomic mass is 10.2. The Morgan fingerprint density at radius 1 is 1.18 bits per heavy atom. The number of methoxy groups -OCH3 is 2. The number of aromatic amines is 1. The number of carbonyl (C=O) groups is 1. The molecule has 0 saturated heterocycles. The average molecular weight is 398 g/mol. The molecular formula is C19H18N4O4S. The molecular weight excluding hydrogens is 380 g/mol. The van der Waals surface area contributed by atoms with E-state index in [4.69, 9.17) is 26.4 Å². The van der Waals surface area contributed by atoms with Gasteiger partial charge in [-0.2, -0.15) is 14.9 Å². The maximum absolute atomic E-state index is 11.2. The quantitative estimate of drug-likeness (QED) is 0.296. The molecule has 1 N–H and O–H groups in total. The first-order valence-corrected chi connectivity index (χ1v) is 8.65. The van der Waals surface area contributed by atoms with E-state index in [-0.39, 0.29) is 0 Å². The molecule has 1 heterocycles. The second-order valence-electron chi connectivity index (χ2n) is 5.64. The third kappa shape index (κ3) is 4.26. The monoisotopic (exact) mass is 398 g/mol. The smallest absolute Gasteiger partial charge is 0.308 e. The summed E-state index contributed by atoms with van der Waals surface area (Å²) in [4.78, 5) is 11.2. The highest BCUT2D eigenvalue weighted by Gasteiger charge is 2.10. The van der Waals surface area contributed by atoms with Gasteiger partial charge in [0.1, 0.15) is 5.75 Å². The Morgan fingerprint density at radius 2 is 2.00 bits per heavy atom. The highest BCUT2D eigenvalue weighted by Crippen LogP contribution is 2.28. The summed E-state index contributed by atoms with van der Waals surface area (Å²) < 4.78 is 17.5. The van der Waals surface area contributed by atoms with Gasteiger partial charge in [0.25, 0.3) is 0 Å². The first-order valence-electron chi connectivity index (χ1n) is 8.24. The number of benzene rings is 2. The number of nitrogens with zero attached hydrogens (tertiary/aromatic N) is 3. The van der Waals surface area contributed by atoms with Gasteiger partial charge in [-0.05, 0) is 48.1 Å². The molecule has 28 heavy (non-hydrogen) atoms. The van der Waals surface area contributed by atoms with Crippen molar-refractivity contribution in [1.29, 1.82) is 0 Å². The predicted octanol–water partition coefficient (Wildman–Crippen LogP) is 3.43. The van der Waals surface area contributed by atoms with Crippen LogP contribution in [-0.2, 0) is 4.79 Å². The first kappa shape index (κ1) is 19.3. The van der Waals surface area contributed by atoms with E-state index in [1.165, 1.54) is 18.7 Å². The second kappa shape index (κ2) is 8.49. The van der Waals surface area contributed by atoms with Gasteiger partial charge < -0.3 is 14.2 Å². The SMILES string of the molecule is COc1cccc(-c2n[nH]c(=S)n2N=Cc2ccc(OC(C)=O)c(OC)c2)c1. The lowest BCUT2D eigenvalue weighted by Gasteiger charge is -2.08. The molecule has 0 radical (unpaired) electrons. The molecule has 3 rings (SSSR count). The molecule has 0 atom stereocenters. The van der Waals surface area contributed by atoms with Crippen LogP contribution in [0.5, 0.6) is 17.2 Å². The molecule has 0 spiro atoms. The zero-order valence-electron chi connectivity index (χ0n) is 15.5. The zero-order valence-corrected chi connectivity index (χ0v) is 16.3. The largest absolute Gasteiger partial charge is 0.497 e. The predicted molar refractivity (Wildman–Crippen MR) is 107 cm³/mol. The summed E-state index contributed by atoms with van der Waals surface area (Å²) >= 11 is 5.28. The number of ether oxygens (including phenoxy) is 3. The lowest BCUT2D eigenvalue weighted by Crippen LogP contribution is -2.03. The molecule has 0 amide bonds. The summed E-state index contributed by atoms with van der Waals surface area (Å²) in [7, 11) is 3.09. The second-order valence-corrected chi connectivity index (χ2v) is 6.03. The van der Waals surface area contributed by atoms with Crippen molar-refractivity contribution in [3.8, 4) is 28.6 Å². The van der Waals surface area contributed by atoms with Gasteiger partial charge in [-0.15, -0.1) is 0 Å². The van der Waals surface area contributed by atoms with Gasteiger partial charge in [-0.3, -0.25) is 4.79 Å². The minimum atomic E-state index is -0.424. The number of aromatic nitrogens is 3. The van der Waals surface area contributed by atoms with Crippen LogP contribution in [0.3, 0.4) is 0 Å². The number of hydrogen-bond acceptors (Lipinski definition) is 7. The fraction of sp³-hybridized carbons (Fsp3) is 0.158. The first-order chi connectivity index (χ1) is 13.5. The van der Waals surface area contributed by atoms with Crippen LogP contribution in [0.1, 0.15) is 12.5 Å². The van der Waals surface area contributed by atoms with Crippen LogP contribution in [0.25, 0.3) is 11.4 Å². The maximum atomic E-state index is 11.2. The van der Waals surface area contributed by atoms with Gasteiger partial charge >= 0.3 is 5.97 Å². The van der Waals surface area contributed by atoms with Crippen molar-refractivity contribution in [1.82, 2.24) is 14.9 Å². The maximum Gasteiger partial charge on any atom is 0.308 e. The van der Waals surface area contributed by atoms with Gasteiger partial charge in [0.05, 0.1) is 20.4 Å². The van der Waals surface area contributed by atoms with Crippen molar-refractivity contribution in [2.75, 3.05) is 14.2 Å². The van der Waals surface area contributed by atoms with E-state index in [9.17, 15) is 4.79 Å². The normalized spacial score (nSPS) is 10.8. The number of nitrogens with one attached hydrogen (secondary N) is 1. The number of hydrogen-bond donors (Lipinski definition) is 1. The van der Waals surface area contributed by atoms with Crippen LogP contribution in [0, 0.1) is 4.77 Å². The molecule has 8 nitrogen and oxygen atoms in total. The van der Waals surface area contributed by atoms with Crippen molar-refractivity contribution < 1.29 is 19.0 Å². The van der Waals surface area contributed by atoms with E-state index >= 15 is 0 Å². The summed E-state index contributed by atoms with van der Waals surface area (Å²) in [5.41, 5.74) is 1.53. The standard InChI is InChI=1S/C19H18N4O4S/c1-12(24)27-16-8-7-13(9-17(16)26-3)11-20-23-18(21-22-19(23)28)14-5-4-6-15(10-14)25-2/h4-11H,1-3H3,(H,22,28). The van der Waals surface area contributed by atoms with E-state index < -0.39 is 5.97 Å². The average Bonchev–Trinajstić information content (AvgIpc) is 3.07. The van der Waals surface area contributed by atoms with Gasteiger partial charge in [-0.1, -0.05) is 12.1 Å². The Hall–Kier alpha value is -3.46. The summed E-state index contributed by atoms with van der Waals surface area (Å²) in [6, 6.07) is 12.5. The van der Waals surface area contributed by atoms with E-state index in [1.807, 2.05) is 24.3 Å². The molecule has 2 aromatic carbocycles. The third-order valence-electron chi connectivity index (χ3n) is 3.74. The molecule has 144 valence electrons. The Morgan fingerprint density at radius 3 is 2.71 bits per heavy atom. The number of H-pyrrole nitrogens is 1. The fourth-order valence-corrected chi connectivity index (χ4v) is 2.66. The fourth-order valence-electron chi connectivity index (χ4n) is 2.48. The van der Waals surface area contributed by atoms with E-state index in [0.29, 0.717) is 27.8 Å². The van der Waals surface area contributed by atoms with Crippen LogP contribution in [0.2, 0.25) is 0 Å².